The first-order valence-corrected chi connectivity index (χ1v) is 8.52. The summed E-state index contributed by atoms with van der Waals surface area (Å²) in [6.07, 6.45) is 11.5. The fourth-order valence-corrected chi connectivity index (χ4v) is 2.63. The summed E-state index contributed by atoms with van der Waals surface area (Å²) in [6, 6.07) is 0. The second kappa shape index (κ2) is 11.4. The summed E-state index contributed by atoms with van der Waals surface area (Å²) < 4.78 is 24.9. The van der Waals surface area contributed by atoms with Crippen LogP contribution in [0.1, 0.15) is 71.1 Å². The summed E-state index contributed by atoms with van der Waals surface area (Å²) in [4.78, 5) is 2.31. The van der Waals surface area contributed by atoms with E-state index >= 15 is 0 Å². The van der Waals surface area contributed by atoms with Crippen LogP contribution < -0.4 is 0 Å². The molecule has 5 nitrogen and oxygen atoms in total. The molecule has 0 saturated carbocycles. The quantitative estimate of drug-likeness (QED) is 0.226. The highest BCUT2D eigenvalue weighted by molar-refractivity contribution is 7.89. The van der Waals surface area contributed by atoms with Gasteiger partial charge in [0, 0.05) is 9.43 Å². The summed E-state index contributed by atoms with van der Waals surface area (Å²) in [5.41, 5.74) is 8.04. The third-order valence-corrected chi connectivity index (χ3v) is 4.04. The van der Waals surface area contributed by atoms with Gasteiger partial charge in [0.15, 0.2) is 0 Å². The monoisotopic (exact) mass is 275 g/mol. The van der Waals surface area contributed by atoms with Gasteiger partial charge >= 0.3 is 0 Å². The number of rotatable bonds is 12. The highest BCUT2D eigenvalue weighted by Gasteiger charge is 2.06. The molecule has 0 atom stereocenters. The van der Waals surface area contributed by atoms with E-state index in [0.717, 1.165) is 12.8 Å². The zero-order valence-electron chi connectivity index (χ0n) is 11.3. The van der Waals surface area contributed by atoms with Crippen LogP contribution in [0, 0.1) is 0 Å². The Labute approximate surface area is 111 Å². The van der Waals surface area contributed by atoms with Gasteiger partial charge in [0.05, 0.1) is 5.75 Å². The molecule has 0 unspecified atom stereocenters. The average Bonchev–Trinajstić information content (AvgIpc) is 2.31. The van der Waals surface area contributed by atoms with Gasteiger partial charge < -0.3 is 0 Å². The summed E-state index contributed by atoms with van der Waals surface area (Å²) in [5.74, 6) is -0.0203. The molecule has 0 aliphatic heterocycles. The maximum atomic E-state index is 11.0. The Morgan fingerprint density at radius 2 is 1.33 bits per heavy atom. The first-order chi connectivity index (χ1) is 8.62. The minimum atomic E-state index is -3.53. The van der Waals surface area contributed by atoms with Crippen LogP contribution >= 0.6 is 0 Å². The molecule has 0 bridgehead atoms. The van der Waals surface area contributed by atoms with Crippen LogP contribution in [0.2, 0.25) is 0 Å². The fraction of sp³-hybridized carbons (Fsp3) is 1.00. The van der Waals surface area contributed by atoms with Gasteiger partial charge in [0.25, 0.3) is 0 Å². The molecule has 18 heavy (non-hydrogen) atoms. The van der Waals surface area contributed by atoms with Crippen LogP contribution in [-0.2, 0) is 10.0 Å². The van der Waals surface area contributed by atoms with Crippen molar-refractivity contribution in [1.82, 2.24) is 0 Å². The largest absolute Gasteiger partial charge is 0.235 e. The Kier molecular flexibility index (Phi) is 10.9. The molecule has 0 saturated heterocycles. The maximum absolute atomic E-state index is 11.0. The van der Waals surface area contributed by atoms with Crippen LogP contribution in [0.5, 0.6) is 0 Å². The predicted molar refractivity (Wildman–Crippen MR) is 74.8 cm³/mol. The van der Waals surface area contributed by atoms with Crippen molar-refractivity contribution >= 4 is 10.0 Å². The van der Waals surface area contributed by atoms with Crippen molar-refractivity contribution in [2.24, 2.45) is 4.52 Å². The normalized spacial score (nSPS) is 11.2. The van der Waals surface area contributed by atoms with E-state index in [1.165, 1.54) is 44.9 Å². The summed E-state index contributed by atoms with van der Waals surface area (Å²) in [7, 11) is -3.53. The molecule has 0 N–H and O–H groups in total. The highest BCUT2D eigenvalue weighted by Crippen LogP contribution is 2.11. The molecule has 0 heterocycles. The molecule has 0 rings (SSSR count). The van der Waals surface area contributed by atoms with Gasteiger partial charge in [-0.05, 0) is 12.0 Å². The molecule has 0 aliphatic carbocycles. The van der Waals surface area contributed by atoms with Gasteiger partial charge in [0.1, 0.15) is 0 Å². The van der Waals surface area contributed by atoms with Crippen molar-refractivity contribution in [3.8, 4) is 0 Å². The molecule has 0 amide bonds. The average molecular weight is 275 g/mol. The van der Waals surface area contributed by atoms with E-state index in [1.807, 2.05) is 0 Å². The minimum absolute atomic E-state index is 0.0203. The number of hydrogen-bond acceptors (Lipinski definition) is 2. The molecule has 6 heteroatoms. The topological polar surface area (TPSA) is 82.9 Å². The van der Waals surface area contributed by atoms with E-state index in [1.54, 1.807) is 0 Å². The lowest BCUT2D eigenvalue weighted by molar-refractivity contribution is 0.558. The van der Waals surface area contributed by atoms with Crippen LogP contribution in [0.15, 0.2) is 4.52 Å². The van der Waals surface area contributed by atoms with E-state index < -0.39 is 10.0 Å². The summed E-state index contributed by atoms with van der Waals surface area (Å²) >= 11 is 0. The second-order valence-electron chi connectivity index (χ2n) is 4.64. The number of hydrogen-bond donors (Lipinski definition) is 0. The smallest absolute Gasteiger partial charge is 0.221 e. The van der Waals surface area contributed by atoms with E-state index in [4.69, 9.17) is 5.53 Å². The lowest BCUT2D eigenvalue weighted by atomic mass is 10.1. The van der Waals surface area contributed by atoms with Crippen LogP contribution in [0.3, 0.4) is 0 Å². The van der Waals surface area contributed by atoms with Gasteiger partial charge in [-0.3, -0.25) is 0 Å². The van der Waals surface area contributed by atoms with Crippen molar-refractivity contribution in [2.75, 3.05) is 5.75 Å². The minimum Gasteiger partial charge on any atom is -0.221 e. The van der Waals surface area contributed by atoms with Gasteiger partial charge in [-0.2, -0.15) is 0 Å². The second-order valence-corrected chi connectivity index (χ2v) is 6.37. The lowest BCUT2D eigenvalue weighted by Gasteiger charge is -2.01. The van der Waals surface area contributed by atoms with Crippen molar-refractivity contribution in [3.63, 3.8) is 0 Å². The molecule has 0 aliphatic rings. The van der Waals surface area contributed by atoms with Crippen LogP contribution in [0.4, 0.5) is 0 Å². The summed E-state index contributed by atoms with van der Waals surface area (Å²) in [5, 5.41) is 0. The Morgan fingerprint density at radius 3 is 1.78 bits per heavy atom. The zero-order chi connectivity index (χ0) is 13.7. The third-order valence-electron chi connectivity index (χ3n) is 2.92. The predicted octanol–water partition coefficient (Wildman–Crippen LogP) is 4.55. The van der Waals surface area contributed by atoms with Gasteiger partial charge in [0.2, 0.25) is 10.0 Å². The van der Waals surface area contributed by atoms with Crippen LogP contribution in [-0.4, -0.2) is 14.2 Å². The van der Waals surface area contributed by atoms with Gasteiger partial charge in [-0.1, -0.05) is 64.7 Å². The Morgan fingerprint density at radius 1 is 0.889 bits per heavy atom. The van der Waals surface area contributed by atoms with Crippen molar-refractivity contribution in [2.45, 2.75) is 71.1 Å². The standard InChI is InChI=1S/C12H25N3O2S/c1-2-3-4-5-6-7-8-9-10-11-12-18(16,17)15-14-13/h2-12H2,1H3. The molecule has 0 aromatic carbocycles. The number of sulfonamides is 1. The first-order valence-electron chi connectivity index (χ1n) is 6.91. The lowest BCUT2D eigenvalue weighted by Crippen LogP contribution is -2.00. The summed E-state index contributed by atoms with van der Waals surface area (Å²) in [6.45, 7) is 2.21. The number of unbranched alkanes of at least 4 members (excludes halogenated alkanes) is 9. The van der Waals surface area contributed by atoms with E-state index in [9.17, 15) is 8.42 Å². The zero-order valence-corrected chi connectivity index (χ0v) is 12.2. The number of nitrogens with zero attached hydrogens (tertiary/aromatic N) is 3. The Balaban J connectivity index is 3.29. The van der Waals surface area contributed by atoms with E-state index in [2.05, 4.69) is 16.4 Å². The molecule has 0 fully saturated rings. The molecule has 0 radical (unpaired) electrons. The molecule has 0 aromatic heterocycles. The van der Waals surface area contributed by atoms with Gasteiger partial charge in [-0.15, -0.1) is 0 Å². The molecule has 0 aromatic rings. The van der Waals surface area contributed by atoms with Crippen molar-refractivity contribution in [3.05, 3.63) is 10.4 Å². The van der Waals surface area contributed by atoms with E-state index in [-0.39, 0.29) is 5.75 Å². The Hall–Kier alpha value is -0.740. The molecular formula is C12H25N3O2S. The Bertz CT molecular complexity index is 335. The third kappa shape index (κ3) is 11.7. The molecule has 0 spiro atoms. The maximum Gasteiger partial charge on any atom is 0.235 e. The first kappa shape index (κ1) is 17.3. The van der Waals surface area contributed by atoms with Crippen molar-refractivity contribution in [1.29, 1.82) is 0 Å². The van der Waals surface area contributed by atoms with Crippen LogP contribution in [0.25, 0.3) is 10.4 Å². The molecular weight excluding hydrogens is 250 g/mol. The van der Waals surface area contributed by atoms with Gasteiger partial charge in [-0.25, -0.2) is 8.42 Å². The fourth-order valence-electron chi connectivity index (χ4n) is 1.87. The SMILES string of the molecule is CCCCCCCCCCCCS(=O)(=O)N=[N+]=[N-]. The van der Waals surface area contributed by atoms with Crippen molar-refractivity contribution < 1.29 is 8.42 Å². The number of azide groups is 1. The highest BCUT2D eigenvalue weighted by atomic mass is 32.2. The molecule has 106 valence electrons. The van der Waals surface area contributed by atoms with E-state index in [0.29, 0.717) is 6.42 Å².